The fraction of sp³-hybridized carbons (Fsp3) is 0.467. The molecule has 0 saturated heterocycles. The third kappa shape index (κ3) is 2.23. The maximum atomic E-state index is 5.87. The van der Waals surface area contributed by atoms with E-state index in [1.807, 2.05) is 18.2 Å². The number of nitrogen functional groups attached to an aromatic ring is 1. The monoisotopic (exact) mass is 256 g/mol. The van der Waals surface area contributed by atoms with Gasteiger partial charge in [0, 0.05) is 17.1 Å². The molecule has 0 aliphatic heterocycles. The lowest BCUT2D eigenvalue weighted by molar-refractivity contribution is 0.435. The molecule has 3 atom stereocenters. The van der Waals surface area contributed by atoms with Crippen LogP contribution in [0.4, 0.5) is 11.5 Å². The number of anilines is 2. The Kier molecular flexibility index (Phi) is 3.01. The van der Waals surface area contributed by atoms with Gasteiger partial charge in [-0.1, -0.05) is 13.8 Å². The van der Waals surface area contributed by atoms with E-state index < -0.39 is 0 Å². The summed E-state index contributed by atoms with van der Waals surface area (Å²) < 4.78 is 0. The van der Waals surface area contributed by atoms with Crippen LogP contribution in [0.1, 0.15) is 26.7 Å². The number of hydrogen-bond donors (Lipinski definition) is 2. The van der Waals surface area contributed by atoms with Gasteiger partial charge in [0.05, 0.1) is 5.52 Å². The summed E-state index contributed by atoms with van der Waals surface area (Å²) in [6.07, 6.45) is 4.10. The van der Waals surface area contributed by atoms with Gasteiger partial charge >= 0.3 is 0 Å². The molecule has 1 saturated carbocycles. The molecule has 1 fully saturated rings. The van der Waals surface area contributed by atoms with Crippen LogP contribution >= 0.6 is 0 Å². The molecule has 1 aliphatic carbocycles. The Labute approximate surface area is 113 Å². The van der Waals surface area contributed by atoms with E-state index >= 15 is 0 Å². The molecular weight excluding hydrogens is 236 g/mol. The Morgan fingerprint density at radius 1 is 1.21 bits per heavy atom. The Balaban J connectivity index is 1.94. The van der Waals surface area contributed by atoms with E-state index in [1.54, 1.807) is 6.33 Å². The van der Waals surface area contributed by atoms with Gasteiger partial charge in [-0.2, -0.15) is 0 Å². The second kappa shape index (κ2) is 4.68. The summed E-state index contributed by atoms with van der Waals surface area (Å²) >= 11 is 0. The van der Waals surface area contributed by atoms with Crippen molar-refractivity contribution in [1.82, 2.24) is 9.97 Å². The number of aromatic nitrogens is 2. The van der Waals surface area contributed by atoms with Crippen LogP contribution in [0.3, 0.4) is 0 Å². The highest BCUT2D eigenvalue weighted by molar-refractivity contribution is 5.91. The first kappa shape index (κ1) is 12.2. The first-order chi connectivity index (χ1) is 9.15. The van der Waals surface area contributed by atoms with E-state index in [1.165, 1.54) is 12.8 Å². The summed E-state index contributed by atoms with van der Waals surface area (Å²) in [6.45, 7) is 4.63. The highest BCUT2D eigenvalue weighted by Crippen LogP contribution is 2.34. The molecule has 3 unspecified atom stereocenters. The summed E-state index contributed by atoms with van der Waals surface area (Å²) in [7, 11) is 0. The molecule has 0 bridgehead atoms. The number of benzene rings is 1. The van der Waals surface area contributed by atoms with Gasteiger partial charge < -0.3 is 11.1 Å². The van der Waals surface area contributed by atoms with Gasteiger partial charge in [-0.25, -0.2) is 9.97 Å². The fourth-order valence-corrected chi connectivity index (χ4v) is 2.93. The second-order valence-corrected chi connectivity index (χ2v) is 5.66. The summed E-state index contributed by atoms with van der Waals surface area (Å²) in [5.41, 5.74) is 7.55. The summed E-state index contributed by atoms with van der Waals surface area (Å²) in [5, 5.41) is 4.59. The largest absolute Gasteiger partial charge is 0.399 e. The topological polar surface area (TPSA) is 63.8 Å². The van der Waals surface area contributed by atoms with Crippen LogP contribution in [0.2, 0.25) is 0 Å². The van der Waals surface area contributed by atoms with Crippen LogP contribution in [-0.2, 0) is 0 Å². The standard InChI is InChI=1S/C15H20N4/c1-9-3-5-13(10(9)2)19-15-12-7-11(16)4-6-14(12)17-8-18-15/h4,6-10,13H,3,5,16H2,1-2H3,(H,17,18,19). The maximum Gasteiger partial charge on any atom is 0.137 e. The van der Waals surface area contributed by atoms with Gasteiger partial charge in [-0.3, -0.25) is 0 Å². The zero-order valence-corrected chi connectivity index (χ0v) is 11.4. The van der Waals surface area contributed by atoms with Gasteiger partial charge in [0.2, 0.25) is 0 Å². The lowest BCUT2D eigenvalue weighted by Crippen LogP contribution is -2.24. The number of nitrogens with two attached hydrogens (primary N) is 1. The van der Waals surface area contributed by atoms with Crippen LogP contribution in [0, 0.1) is 11.8 Å². The molecule has 0 radical (unpaired) electrons. The van der Waals surface area contributed by atoms with Crippen LogP contribution in [0.15, 0.2) is 24.5 Å². The molecule has 1 aromatic carbocycles. The molecule has 1 aromatic heterocycles. The minimum atomic E-state index is 0.495. The number of hydrogen-bond acceptors (Lipinski definition) is 4. The van der Waals surface area contributed by atoms with Crippen LogP contribution in [0.25, 0.3) is 10.9 Å². The normalized spacial score (nSPS) is 26.7. The fourth-order valence-electron chi connectivity index (χ4n) is 2.93. The predicted molar refractivity (Wildman–Crippen MR) is 78.9 cm³/mol. The number of rotatable bonds is 2. The molecule has 0 amide bonds. The van der Waals surface area contributed by atoms with E-state index in [9.17, 15) is 0 Å². The Morgan fingerprint density at radius 3 is 2.79 bits per heavy atom. The molecule has 3 N–H and O–H groups in total. The second-order valence-electron chi connectivity index (χ2n) is 5.66. The molecule has 100 valence electrons. The molecule has 0 spiro atoms. The minimum absolute atomic E-state index is 0.495. The van der Waals surface area contributed by atoms with Gasteiger partial charge in [0.1, 0.15) is 12.1 Å². The molecule has 2 aromatic rings. The third-order valence-corrected chi connectivity index (χ3v) is 4.45. The molecule has 3 rings (SSSR count). The van der Waals surface area contributed by atoms with Crippen LogP contribution in [-0.4, -0.2) is 16.0 Å². The van der Waals surface area contributed by atoms with Gasteiger partial charge in [-0.05, 0) is 42.9 Å². The molecule has 19 heavy (non-hydrogen) atoms. The first-order valence-electron chi connectivity index (χ1n) is 6.92. The van der Waals surface area contributed by atoms with E-state index in [2.05, 4.69) is 29.1 Å². The number of nitrogens with zero attached hydrogens (tertiary/aromatic N) is 2. The quantitative estimate of drug-likeness (QED) is 0.811. The van der Waals surface area contributed by atoms with E-state index in [4.69, 9.17) is 5.73 Å². The number of nitrogens with one attached hydrogen (secondary N) is 1. The Morgan fingerprint density at radius 2 is 2.05 bits per heavy atom. The van der Waals surface area contributed by atoms with Gasteiger partial charge in [0.15, 0.2) is 0 Å². The Bertz CT molecular complexity index is 596. The van der Waals surface area contributed by atoms with Crippen molar-refractivity contribution >= 4 is 22.4 Å². The SMILES string of the molecule is CC1CCC(Nc2ncnc3ccc(N)cc23)C1C. The zero-order chi connectivity index (χ0) is 13.4. The van der Waals surface area contributed by atoms with Crippen molar-refractivity contribution in [1.29, 1.82) is 0 Å². The lowest BCUT2D eigenvalue weighted by Gasteiger charge is -2.21. The summed E-state index contributed by atoms with van der Waals surface area (Å²) in [5.74, 6) is 2.35. The molecule has 1 heterocycles. The average molecular weight is 256 g/mol. The Hall–Kier alpha value is -1.84. The van der Waals surface area contributed by atoms with Gasteiger partial charge in [-0.15, -0.1) is 0 Å². The van der Waals surface area contributed by atoms with E-state index in [-0.39, 0.29) is 0 Å². The lowest BCUT2D eigenvalue weighted by atomic mass is 9.98. The van der Waals surface area contributed by atoms with Crippen molar-refractivity contribution in [2.45, 2.75) is 32.7 Å². The van der Waals surface area contributed by atoms with E-state index in [0.29, 0.717) is 12.0 Å². The summed E-state index contributed by atoms with van der Waals surface area (Å²) in [4.78, 5) is 8.68. The minimum Gasteiger partial charge on any atom is -0.399 e. The molecule has 4 heteroatoms. The van der Waals surface area contributed by atoms with Crippen molar-refractivity contribution in [3.8, 4) is 0 Å². The average Bonchev–Trinajstić information content (AvgIpc) is 2.71. The molecule has 1 aliphatic rings. The first-order valence-corrected chi connectivity index (χ1v) is 6.92. The highest BCUT2D eigenvalue weighted by Gasteiger charge is 2.30. The molecular formula is C15H20N4. The van der Waals surface area contributed by atoms with Crippen LogP contribution < -0.4 is 11.1 Å². The van der Waals surface area contributed by atoms with Crippen molar-refractivity contribution in [3.63, 3.8) is 0 Å². The molecule has 4 nitrogen and oxygen atoms in total. The smallest absolute Gasteiger partial charge is 0.137 e. The zero-order valence-electron chi connectivity index (χ0n) is 11.4. The van der Waals surface area contributed by atoms with Gasteiger partial charge in [0.25, 0.3) is 0 Å². The van der Waals surface area contributed by atoms with Crippen molar-refractivity contribution < 1.29 is 0 Å². The predicted octanol–water partition coefficient (Wildman–Crippen LogP) is 3.06. The van der Waals surface area contributed by atoms with Crippen molar-refractivity contribution in [2.75, 3.05) is 11.1 Å². The van der Waals surface area contributed by atoms with Crippen molar-refractivity contribution in [3.05, 3.63) is 24.5 Å². The number of fused-ring (bicyclic) bond motifs is 1. The summed E-state index contributed by atoms with van der Waals surface area (Å²) in [6, 6.07) is 6.26. The van der Waals surface area contributed by atoms with Crippen molar-refractivity contribution in [2.24, 2.45) is 11.8 Å². The maximum absolute atomic E-state index is 5.87. The highest BCUT2D eigenvalue weighted by atomic mass is 15.0. The third-order valence-electron chi connectivity index (χ3n) is 4.45. The van der Waals surface area contributed by atoms with E-state index in [0.717, 1.165) is 28.3 Å². The van der Waals surface area contributed by atoms with Crippen LogP contribution in [0.5, 0.6) is 0 Å².